The number of carbonyl (C=O) groups excluding carboxylic acids is 1. The number of rotatable bonds is 7. The molecule has 11 heteroatoms. The number of nitrogens with zero attached hydrogens (tertiary/aromatic N) is 5. The standard InChI is InChI=1S/C20H20N6O3S2/c1-11-7-12(2)26-18(21-11)24-20(25-26)31-10-17(27)23-19-22-14(9-30-19)13-5-6-15(28-3)16(8-13)29-4/h5-9H,10H2,1-4H3,(H,22,23,27). The zero-order valence-electron chi connectivity index (χ0n) is 17.4. The number of aromatic nitrogens is 5. The quantitative estimate of drug-likeness (QED) is 0.421. The van der Waals surface area contributed by atoms with Gasteiger partial charge in [-0.1, -0.05) is 11.8 Å². The van der Waals surface area contributed by atoms with Gasteiger partial charge in [0.2, 0.25) is 11.1 Å². The van der Waals surface area contributed by atoms with Gasteiger partial charge in [-0.25, -0.2) is 14.5 Å². The van der Waals surface area contributed by atoms with Gasteiger partial charge < -0.3 is 14.8 Å². The average molecular weight is 457 g/mol. The van der Waals surface area contributed by atoms with Crippen molar-refractivity contribution in [1.82, 2.24) is 24.6 Å². The van der Waals surface area contributed by atoms with Gasteiger partial charge in [0.1, 0.15) is 0 Å². The number of hydrogen-bond acceptors (Lipinski definition) is 9. The van der Waals surface area contributed by atoms with Crippen molar-refractivity contribution in [1.29, 1.82) is 0 Å². The Bertz CT molecular complexity index is 1250. The highest BCUT2D eigenvalue weighted by Crippen LogP contribution is 2.33. The molecule has 4 aromatic rings. The molecule has 1 amide bonds. The van der Waals surface area contributed by atoms with Crippen molar-refractivity contribution in [2.45, 2.75) is 19.0 Å². The Morgan fingerprint density at radius 2 is 1.94 bits per heavy atom. The third kappa shape index (κ3) is 4.62. The fourth-order valence-corrected chi connectivity index (χ4v) is 4.31. The number of thiazole rings is 1. The van der Waals surface area contributed by atoms with Crippen LogP contribution in [0.2, 0.25) is 0 Å². The first-order valence-corrected chi connectivity index (χ1v) is 11.1. The van der Waals surface area contributed by atoms with Crippen molar-refractivity contribution < 1.29 is 14.3 Å². The molecule has 0 saturated heterocycles. The lowest BCUT2D eigenvalue weighted by atomic mass is 10.1. The highest BCUT2D eigenvalue weighted by atomic mass is 32.2. The summed E-state index contributed by atoms with van der Waals surface area (Å²) in [6, 6.07) is 7.50. The molecule has 3 aromatic heterocycles. The topological polar surface area (TPSA) is 104 Å². The second-order valence-electron chi connectivity index (χ2n) is 6.59. The molecule has 0 atom stereocenters. The Balaban J connectivity index is 1.40. The van der Waals surface area contributed by atoms with E-state index in [0.717, 1.165) is 22.6 Å². The van der Waals surface area contributed by atoms with E-state index in [-0.39, 0.29) is 11.7 Å². The van der Waals surface area contributed by atoms with Crippen LogP contribution in [0.1, 0.15) is 11.4 Å². The van der Waals surface area contributed by atoms with Crippen LogP contribution >= 0.6 is 23.1 Å². The number of aryl methyl sites for hydroxylation is 2. The van der Waals surface area contributed by atoms with Crippen molar-refractivity contribution in [3.05, 3.63) is 41.0 Å². The van der Waals surface area contributed by atoms with Crippen LogP contribution in [0.4, 0.5) is 5.13 Å². The highest BCUT2D eigenvalue weighted by Gasteiger charge is 2.13. The van der Waals surface area contributed by atoms with E-state index in [1.165, 1.54) is 23.1 Å². The van der Waals surface area contributed by atoms with E-state index in [1.807, 2.05) is 43.5 Å². The van der Waals surface area contributed by atoms with E-state index in [0.29, 0.717) is 27.6 Å². The molecule has 0 unspecified atom stereocenters. The largest absolute Gasteiger partial charge is 0.493 e. The summed E-state index contributed by atoms with van der Waals surface area (Å²) in [7, 11) is 3.18. The summed E-state index contributed by atoms with van der Waals surface area (Å²) in [5, 5.41) is 10.1. The summed E-state index contributed by atoms with van der Waals surface area (Å²) in [6.45, 7) is 3.85. The third-order valence-corrected chi connectivity index (χ3v) is 5.96. The smallest absolute Gasteiger partial charge is 0.253 e. The summed E-state index contributed by atoms with van der Waals surface area (Å²) in [5.41, 5.74) is 3.43. The first kappa shape index (κ1) is 21.1. The van der Waals surface area contributed by atoms with E-state index in [4.69, 9.17) is 9.47 Å². The molecule has 1 N–H and O–H groups in total. The average Bonchev–Trinajstić information content (AvgIpc) is 3.38. The second kappa shape index (κ2) is 8.90. The lowest BCUT2D eigenvalue weighted by Gasteiger charge is -2.08. The van der Waals surface area contributed by atoms with Gasteiger partial charge in [-0.05, 0) is 38.1 Å². The van der Waals surface area contributed by atoms with Gasteiger partial charge >= 0.3 is 0 Å². The zero-order chi connectivity index (χ0) is 22.0. The number of fused-ring (bicyclic) bond motifs is 1. The van der Waals surface area contributed by atoms with E-state index >= 15 is 0 Å². The van der Waals surface area contributed by atoms with Crippen LogP contribution in [-0.2, 0) is 4.79 Å². The molecule has 31 heavy (non-hydrogen) atoms. The Kier molecular flexibility index (Phi) is 6.05. The maximum Gasteiger partial charge on any atom is 0.253 e. The minimum Gasteiger partial charge on any atom is -0.493 e. The van der Waals surface area contributed by atoms with Crippen LogP contribution in [0, 0.1) is 13.8 Å². The molecule has 0 radical (unpaired) electrons. The molecule has 0 saturated carbocycles. The van der Waals surface area contributed by atoms with Gasteiger partial charge in [-0.2, -0.15) is 4.98 Å². The summed E-state index contributed by atoms with van der Waals surface area (Å²) < 4.78 is 12.3. The molecule has 0 aliphatic heterocycles. The zero-order valence-corrected chi connectivity index (χ0v) is 19.0. The van der Waals surface area contributed by atoms with E-state index in [9.17, 15) is 4.79 Å². The van der Waals surface area contributed by atoms with Crippen molar-refractivity contribution in [3.63, 3.8) is 0 Å². The summed E-state index contributed by atoms with van der Waals surface area (Å²) in [6.07, 6.45) is 0. The van der Waals surface area contributed by atoms with Gasteiger partial charge in [0.25, 0.3) is 5.78 Å². The van der Waals surface area contributed by atoms with E-state index < -0.39 is 0 Å². The Labute approximate surface area is 186 Å². The molecule has 0 fully saturated rings. The minimum absolute atomic E-state index is 0.167. The van der Waals surface area contributed by atoms with E-state index in [2.05, 4.69) is 25.4 Å². The van der Waals surface area contributed by atoms with Crippen LogP contribution in [0.5, 0.6) is 11.5 Å². The van der Waals surface area contributed by atoms with Gasteiger partial charge in [0.15, 0.2) is 16.6 Å². The summed E-state index contributed by atoms with van der Waals surface area (Å²) >= 11 is 2.61. The number of thioether (sulfide) groups is 1. The summed E-state index contributed by atoms with van der Waals surface area (Å²) in [5.74, 6) is 1.78. The Hall–Kier alpha value is -3.18. The molecular weight excluding hydrogens is 436 g/mol. The fourth-order valence-electron chi connectivity index (χ4n) is 2.95. The third-order valence-electron chi connectivity index (χ3n) is 4.36. The minimum atomic E-state index is -0.182. The lowest BCUT2D eigenvalue weighted by Crippen LogP contribution is -2.13. The predicted octanol–water partition coefficient (Wildman–Crippen LogP) is 3.61. The lowest BCUT2D eigenvalue weighted by molar-refractivity contribution is -0.113. The van der Waals surface area contributed by atoms with Gasteiger partial charge in [-0.15, -0.1) is 16.4 Å². The SMILES string of the molecule is COc1ccc(-c2csc(NC(=O)CSc3nc4nc(C)cc(C)n4n3)n2)cc1OC. The number of nitrogens with one attached hydrogen (secondary N) is 1. The number of methoxy groups -OCH3 is 2. The van der Waals surface area contributed by atoms with Crippen LogP contribution in [-0.4, -0.2) is 50.4 Å². The number of carbonyl (C=O) groups is 1. The maximum absolute atomic E-state index is 12.4. The molecule has 0 bridgehead atoms. The van der Waals surface area contributed by atoms with Gasteiger partial charge in [-0.3, -0.25) is 4.79 Å². The first-order valence-electron chi connectivity index (χ1n) is 9.28. The molecule has 160 valence electrons. The maximum atomic E-state index is 12.4. The molecule has 0 aliphatic carbocycles. The second-order valence-corrected chi connectivity index (χ2v) is 8.39. The molecule has 0 spiro atoms. The molecule has 1 aromatic carbocycles. The van der Waals surface area contributed by atoms with Crippen molar-refractivity contribution in [2.75, 3.05) is 25.3 Å². The summed E-state index contributed by atoms with van der Waals surface area (Å²) in [4.78, 5) is 25.6. The normalized spacial score (nSPS) is 11.0. The molecular formula is C20H20N6O3S2. The monoisotopic (exact) mass is 456 g/mol. The van der Waals surface area contributed by atoms with Gasteiger partial charge in [0, 0.05) is 22.3 Å². The van der Waals surface area contributed by atoms with Gasteiger partial charge in [0.05, 0.1) is 25.7 Å². The van der Waals surface area contributed by atoms with E-state index in [1.54, 1.807) is 18.7 Å². The molecule has 9 nitrogen and oxygen atoms in total. The number of amides is 1. The molecule has 0 aliphatic rings. The van der Waals surface area contributed by atoms with Crippen LogP contribution < -0.4 is 14.8 Å². The molecule has 3 heterocycles. The number of hydrogen-bond donors (Lipinski definition) is 1. The van der Waals surface area contributed by atoms with Crippen molar-refractivity contribution in [3.8, 4) is 22.8 Å². The first-order chi connectivity index (χ1) is 15.0. The van der Waals surface area contributed by atoms with Crippen LogP contribution in [0.25, 0.3) is 17.0 Å². The fraction of sp³-hybridized carbons (Fsp3) is 0.250. The predicted molar refractivity (Wildman–Crippen MR) is 120 cm³/mol. The van der Waals surface area contributed by atoms with Crippen molar-refractivity contribution in [2.24, 2.45) is 0 Å². The van der Waals surface area contributed by atoms with Crippen LogP contribution in [0.3, 0.4) is 0 Å². The molecule has 4 rings (SSSR count). The van der Waals surface area contributed by atoms with Crippen molar-refractivity contribution >= 4 is 39.9 Å². The highest BCUT2D eigenvalue weighted by molar-refractivity contribution is 7.99. The Morgan fingerprint density at radius 1 is 1.13 bits per heavy atom. The Morgan fingerprint density at radius 3 is 2.71 bits per heavy atom. The van der Waals surface area contributed by atoms with Crippen LogP contribution in [0.15, 0.2) is 34.8 Å². The number of anilines is 1. The number of ether oxygens (including phenoxy) is 2. The number of benzene rings is 1.